The van der Waals surface area contributed by atoms with Gasteiger partial charge in [-0.1, -0.05) is 41.4 Å². The second-order valence-electron chi connectivity index (χ2n) is 3.76. The van der Waals surface area contributed by atoms with Gasteiger partial charge in [0.15, 0.2) is 0 Å². The smallest absolute Gasteiger partial charge is 0.0598 e. The Kier molecular flexibility index (Phi) is 3.68. The molecule has 1 saturated carbocycles. The fourth-order valence-corrected chi connectivity index (χ4v) is 1.64. The van der Waals surface area contributed by atoms with Crippen molar-refractivity contribution in [2.75, 3.05) is 6.54 Å². The third-order valence-electron chi connectivity index (χ3n) is 2.36. The van der Waals surface area contributed by atoms with Crippen LogP contribution in [0, 0.1) is 0 Å². The van der Waals surface area contributed by atoms with Crippen LogP contribution in [0.4, 0.5) is 0 Å². The minimum absolute atomic E-state index is 0.602. The molecule has 0 aromatic heterocycles. The summed E-state index contributed by atoms with van der Waals surface area (Å²) in [6.45, 7) is 0.922. The molecule has 1 fully saturated rings. The summed E-state index contributed by atoms with van der Waals surface area (Å²) in [5.41, 5.74) is 1.09. The average Bonchev–Trinajstić information content (AvgIpc) is 3.02. The van der Waals surface area contributed by atoms with E-state index in [1.54, 1.807) is 0 Å². The van der Waals surface area contributed by atoms with Crippen molar-refractivity contribution in [3.8, 4) is 0 Å². The van der Waals surface area contributed by atoms with E-state index < -0.39 is 0 Å². The molecule has 0 bridgehead atoms. The molecule has 0 atom stereocenters. The minimum atomic E-state index is 0.602. The normalized spacial score (nSPS) is 16.1. The highest BCUT2D eigenvalue weighted by Crippen LogP contribution is 2.23. The summed E-state index contributed by atoms with van der Waals surface area (Å²) in [5, 5.41) is 4.61. The van der Waals surface area contributed by atoms with Gasteiger partial charge >= 0.3 is 0 Å². The minimum Gasteiger partial charge on any atom is -0.311 e. The molecule has 0 amide bonds. The third-order valence-corrected chi connectivity index (χ3v) is 3.09. The van der Waals surface area contributed by atoms with Crippen molar-refractivity contribution in [2.45, 2.75) is 18.9 Å². The fourth-order valence-electron chi connectivity index (χ4n) is 1.33. The number of hydrogen-bond donors (Lipinski definition) is 1. The highest BCUT2D eigenvalue weighted by molar-refractivity contribution is 6.42. The van der Waals surface area contributed by atoms with Gasteiger partial charge in [0.25, 0.3) is 0 Å². The Balaban J connectivity index is 1.88. The first-order valence-corrected chi connectivity index (χ1v) is 5.86. The van der Waals surface area contributed by atoms with Gasteiger partial charge in [-0.3, -0.25) is 0 Å². The number of hydrogen-bond acceptors (Lipinski definition) is 1. The van der Waals surface area contributed by atoms with E-state index in [-0.39, 0.29) is 0 Å². The van der Waals surface area contributed by atoms with Crippen LogP contribution in [0.25, 0.3) is 6.08 Å². The van der Waals surface area contributed by atoms with Gasteiger partial charge < -0.3 is 5.32 Å². The van der Waals surface area contributed by atoms with Crippen LogP contribution in [0.2, 0.25) is 10.0 Å². The number of nitrogens with one attached hydrogen (secondary N) is 1. The molecule has 3 heteroatoms. The van der Waals surface area contributed by atoms with Gasteiger partial charge in [0.2, 0.25) is 0 Å². The molecule has 0 unspecified atom stereocenters. The molecular weight excluding hydrogens is 229 g/mol. The Labute approximate surface area is 100 Å². The zero-order valence-corrected chi connectivity index (χ0v) is 9.85. The molecule has 1 aliphatic carbocycles. The van der Waals surface area contributed by atoms with Gasteiger partial charge in [-0.2, -0.15) is 0 Å². The maximum absolute atomic E-state index is 5.91. The molecule has 0 spiro atoms. The van der Waals surface area contributed by atoms with Crippen LogP contribution in [0.5, 0.6) is 0 Å². The van der Waals surface area contributed by atoms with Crippen molar-refractivity contribution in [2.24, 2.45) is 0 Å². The van der Waals surface area contributed by atoms with E-state index in [2.05, 4.69) is 17.5 Å². The SMILES string of the molecule is Clc1ccc(C=CCNC2CC2)cc1Cl. The van der Waals surface area contributed by atoms with Crippen LogP contribution in [-0.4, -0.2) is 12.6 Å². The predicted molar refractivity (Wildman–Crippen MR) is 66.5 cm³/mol. The second kappa shape index (κ2) is 5.02. The van der Waals surface area contributed by atoms with E-state index >= 15 is 0 Å². The van der Waals surface area contributed by atoms with Gasteiger partial charge in [-0.15, -0.1) is 0 Å². The van der Waals surface area contributed by atoms with Crippen molar-refractivity contribution < 1.29 is 0 Å². The van der Waals surface area contributed by atoms with E-state index in [0.717, 1.165) is 18.2 Å². The van der Waals surface area contributed by atoms with Crippen LogP contribution < -0.4 is 5.32 Å². The first-order valence-electron chi connectivity index (χ1n) is 5.10. The number of rotatable bonds is 4. The number of halogens is 2. The molecule has 1 N–H and O–H groups in total. The van der Waals surface area contributed by atoms with E-state index in [0.29, 0.717) is 10.0 Å². The monoisotopic (exact) mass is 241 g/mol. The van der Waals surface area contributed by atoms with E-state index in [4.69, 9.17) is 23.2 Å². The lowest BCUT2D eigenvalue weighted by molar-refractivity contribution is 0.754. The lowest BCUT2D eigenvalue weighted by Gasteiger charge is -1.98. The highest BCUT2D eigenvalue weighted by atomic mass is 35.5. The summed E-state index contributed by atoms with van der Waals surface area (Å²) in [4.78, 5) is 0. The van der Waals surface area contributed by atoms with Crippen molar-refractivity contribution in [1.29, 1.82) is 0 Å². The zero-order chi connectivity index (χ0) is 10.7. The van der Waals surface area contributed by atoms with E-state index in [1.807, 2.05) is 18.2 Å². The van der Waals surface area contributed by atoms with Gasteiger partial charge in [0.1, 0.15) is 0 Å². The van der Waals surface area contributed by atoms with Gasteiger partial charge in [-0.25, -0.2) is 0 Å². The molecular formula is C12H13Cl2N. The van der Waals surface area contributed by atoms with Crippen molar-refractivity contribution in [3.63, 3.8) is 0 Å². The summed E-state index contributed by atoms with van der Waals surface area (Å²) < 4.78 is 0. The summed E-state index contributed by atoms with van der Waals surface area (Å²) in [7, 11) is 0. The Hall–Kier alpha value is -0.500. The van der Waals surface area contributed by atoms with Crippen molar-refractivity contribution >= 4 is 29.3 Å². The molecule has 1 aromatic rings. The fraction of sp³-hybridized carbons (Fsp3) is 0.333. The Bertz CT molecular complexity index is 370. The lowest BCUT2D eigenvalue weighted by Crippen LogP contribution is -2.15. The van der Waals surface area contributed by atoms with Crippen molar-refractivity contribution in [1.82, 2.24) is 5.32 Å². The molecule has 0 saturated heterocycles. The standard InChI is InChI=1S/C12H13Cl2N/c13-11-6-3-9(8-12(11)14)2-1-7-15-10-4-5-10/h1-3,6,8,10,15H,4-5,7H2. The first-order chi connectivity index (χ1) is 7.25. The molecule has 0 radical (unpaired) electrons. The van der Waals surface area contributed by atoms with Crippen LogP contribution in [-0.2, 0) is 0 Å². The molecule has 15 heavy (non-hydrogen) atoms. The van der Waals surface area contributed by atoms with Crippen LogP contribution >= 0.6 is 23.2 Å². The third kappa shape index (κ3) is 3.53. The average molecular weight is 242 g/mol. The van der Waals surface area contributed by atoms with Gasteiger partial charge in [0, 0.05) is 12.6 Å². The molecule has 1 aromatic carbocycles. The summed E-state index contributed by atoms with van der Waals surface area (Å²) in [5.74, 6) is 0. The van der Waals surface area contributed by atoms with E-state index in [1.165, 1.54) is 12.8 Å². The molecule has 1 nitrogen and oxygen atoms in total. The first kappa shape index (κ1) is 11.0. The molecule has 0 heterocycles. The molecule has 1 aliphatic rings. The van der Waals surface area contributed by atoms with Crippen LogP contribution in [0.15, 0.2) is 24.3 Å². The largest absolute Gasteiger partial charge is 0.311 e. The zero-order valence-electron chi connectivity index (χ0n) is 8.34. The summed E-state index contributed by atoms with van der Waals surface area (Å²) in [6, 6.07) is 6.40. The topological polar surface area (TPSA) is 12.0 Å². The molecule has 80 valence electrons. The van der Waals surface area contributed by atoms with E-state index in [9.17, 15) is 0 Å². The Morgan fingerprint density at radius 2 is 2.07 bits per heavy atom. The molecule has 2 rings (SSSR count). The highest BCUT2D eigenvalue weighted by Gasteiger charge is 2.18. The quantitative estimate of drug-likeness (QED) is 0.847. The predicted octanol–water partition coefficient (Wildman–Crippen LogP) is 3.76. The second-order valence-corrected chi connectivity index (χ2v) is 4.57. The lowest BCUT2D eigenvalue weighted by atomic mass is 10.2. The maximum atomic E-state index is 5.91. The van der Waals surface area contributed by atoms with Crippen molar-refractivity contribution in [3.05, 3.63) is 39.9 Å². The Morgan fingerprint density at radius 3 is 2.73 bits per heavy atom. The van der Waals surface area contributed by atoms with Gasteiger partial charge in [-0.05, 0) is 30.5 Å². The number of benzene rings is 1. The van der Waals surface area contributed by atoms with Crippen LogP contribution in [0.3, 0.4) is 0 Å². The molecule has 0 aliphatic heterocycles. The van der Waals surface area contributed by atoms with Crippen LogP contribution in [0.1, 0.15) is 18.4 Å². The maximum Gasteiger partial charge on any atom is 0.0598 e. The summed E-state index contributed by atoms with van der Waals surface area (Å²) >= 11 is 11.7. The summed E-state index contributed by atoms with van der Waals surface area (Å²) in [6.07, 6.45) is 6.80. The Morgan fingerprint density at radius 1 is 1.27 bits per heavy atom. The van der Waals surface area contributed by atoms with Gasteiger partial charge in [0.05, 0.1) is 10.0 Å².